The summed E-state index contributed by atoms with van der Waals surface area (Å²) in [5.74, 6) is -0.114. The first-order chi connectivity index (χ1) is 12.3. The molecule has 0 aromatic heterocycles. The highest BCUT2D eigenvalue weighted by molar-refractivity contribution is 6.35. The first kappa shape index (κ1) is 15.1. The van der Waals surface area contributed by atoms with Crippen LogP contribution in [0.4, 0.5) is 5.69 Å². The predicted molar refractivity (Wildman–Crippen MR) is 102 cm³/mol. The SMILES string of the molecule is O=C1/C(=C\c2ccccc2)c2ccccc2N1/N=C/c1ccccc1. The van der Waals surface area contributed by atoms with Crippen molar-refractivity contribution >= 4 is 29.5 Å². The topological polar surface area (TPSA) is 32.7 Å². The van der Waals surface area contributed by atoms with Gasteiger partial charge in [0.1, 0.15) is 0 Å². The molecular formula is C22H16N2O. The molecule has 0 saturated heterocycles. The predicted octanol–water partition coefficient (Wildman–Crippen LogP) is 4.61. The van der Waals surface area contributed by atoms with Gasteiger partial charge >= 0.3 is 0 Å². The van der Waals surface area contributed by atoms with Crippen LogP contribution in [0.3, 0.4) is 0 Å². The van der Waals surface area contributed by atoms with Crippen LogP contribution in [0, 0.1) is 0 Å². The molecule has 120 valence electrons. The summed E-state index contributed by atoms with van der Waals surface area (Å²) in [6.07, 6.45) is 3.62. The van der Waals surface area contributed by atoms with Crippen LogP contribution in [-0.4, -0.2) is 12.1 Å². The summed E-state index contributed by atoms with van der Waals surface area (Å²) >= 11 is 0. The lowest BCUT2D eigenvalue weighted by molar-refractivity contribution is -0.112. The Morgan fingerprint density at radius 2 is 1.32 bits per heavy atom. The molecule has 0 aliphatic carbocycles. The number of nitrogens with zero attached hydrogens (tertiary/aromatic N) is 2. The standard InChI is InChI=1S/C22H16N2O/c25-22-20(15-17-9-3-1-4-10-17)19-13-7-8-14-21(19)24(22)23-16-18-11-5-2-6-12-18/h1-16H/b20-15-,23-16+. The van der Waals surface area contributed by atoms with E-state index in [4.69, 9.17) is 0 Å². The van der Waals surface area contributed by atoms with E-state index < -0.39 is 0 Å². The Hall–Kier alpha value is -3.46. The van der Waals surface area contributed by atoms with Gasteiger partial charge in [-0.2, -0.15) is 10.1 Å². The number of hydrogen-bond acceptors (Lipinski definition) is 2. The second-order valence-corrected chi connectivity index (χ2v) is 5.76. The van der Waals surface area contributed by atoms with E-state index in [1.165, 1.54) is 5.01 Å². The Kier molecular flexibility index (Phi) is 3.97. The van der Waals surface area contributed by atoms with E-state index in [1.807, 2.05) is 91.0 Å². The number of rotatable bonds is 3. The Morgan fingerprint density at radius 1 is 0.720 bits per heavy atom. The lowest BCUT2D eigenvalue weighted by Crippen LogP contribution is -2.20. The molecule has 3 aromatic rings. The minimum Gasteiger partial charge on any atom is -0.267 e. The van der Waals surface area contributed by atoms with Gasteiger partial charge in [-0.1, -0.05) is 78.9 Å². The zero-order valence-electron chi connectivity index (χ0n) is 13.5. The molecule has 3 nitrogen and oxygen atoms in total. The fraction of sp³-hybridized carbons (Fsp3) is 0. The molecular weight excluding hydrogens is 308 g/mol. The van der Waals surface area contributed by atoms with Crippen molar-refractivity contribution in [2.45, 2.75) is 0 Å². The van der Waals surface area contributed by atoms with Crippen molar-refractivity contribution < 1.29 is 4.79 Å². The monoisotopic (exact) mass is 324 g/mol. The van der Waals surface area contributed by atoms with Gasteiger partial charge in [0.15, 0.2) is 0 Å². The summed E-state index contributed by atoms with van der Waals surface area (Å²) in [4.78, 5) is 12.9. The molecule has 0 radical (unpaired) electrons. The molecule has 1 aliphatic rings. The van der Waals surface area contributed by atoms with E-state index in [2.05, 4.69) is 5.10 Å². The Labute approximate surface area is 146 Å². The summed E-state index contributed by atoms with van der Waals surface area (Å²) in [5, 5.41) is 5.89. The number of hydrogen-bond donors (Lipinski definition) is 0. The van der Waals surface area contributed by atoms with Gasteiger partial charge in [0, 0.05) is 5.56 Å². The summed E-state index contributed by atoms with van der Waals surface area (Å²) in [7, 11) is 0. The van der Waals surface area contributed by atoms with Gasteiger partial charge in [0.25, 0.3) is 5.91 Å². The molecule has 4 rings (SSSR count). The number of para-hydroxylation sites is 1. The molecule has 1 amide bonds. The second-order valence-electron chi connectivity index (χ2n) is 5.76. The van der Waals surface area contributed by atoms with Gasteiger partial charge in [-0.15, -0.1) is 0 Å². The number of hydrazone groups is 1. The van der Waals surface area contributed by atoms with Crippen molar-refractivity contribution in [2.75, 3.05) is 5.01 Å². The third kappa shape index (κ3) is 3.00. The van der Waals surface area contributed by atoms with Crippen LogP contribution >= 0.6 is 0 Å². The first-order valence-electron chi connectivity index (χ1n) is 8.12. The lowest BCUT2D eigenvalue weighted by Gasteiger charge is -2.09. The molecule has 0 N–H and O–H groups in total. The van der Waals surface area contributed by atoms with E-state index in [0.29, 0.717) is 5.57 Å². The summed E-state index contributed by atoms with van der Waals surface area (Å²) < 4.78 is 0. The summed E-state index contributed by atoms with van der Waals surface area (Å²) in [6, 6.07) is 27.3. The van der Waals surface area contributed by atoms with Crippen LogP contribution in [0.1, 0.15) is 16.7 Å². The highest BCUT2D eigenvalue weighted by atomic mass is 16.2. The molecule has 0 unspecified atom stereocenters. The average Bonchev–Trinajstić information content (AvgIpc) is 2.93. The molecule has 1 aliphatic heterocycles. The van der Waals surface area contributed by atoms with E-state index in [-0.39, 0.29) is 5.91 Å². The highest BCUT2D eigenvalue weighted by Crippen LogP contribution is 2.37. The third-order valence-corrected chi connectivity index (χ3v) is 4.08. The van der Waals surface area contributed by atoms with E-state index in [9.17, 15) is 4.79 Å². The van der Waals surface area contributed by atoms with Crippen LogP contribution in [0.15, 0.2) is 90.0 Å². The first-order valence-corrected chi connectivity index (χ1v) is 8.12. The number of benzene rings is 3. The largest absolute Gasteiger partial charge is 0.279 e. The van der Waals surface area contributed by atoms with Gasteiger partial charge in [0.2, 0.25) is 0 Å². The van der Waals surface area contributed by atoms with Gasteiger partial charge in [0.05, 0.1) is 17.5 Å². The fourth-order valence-corrected chi connectivity index (χ4v) is 2.86. The van der Waals surface area contributed by atoms with E-state index >= 15 is 0 Å². The molecule has 3 heteroatoms. The fourth-order valence-electron chi connectivity index (χ4n) is 2.86. The minimum absolute atomic E-state index is 0.114. The van der Waals surface area contributed by atoms with E-state index in [1.54, 1.807) is 6.21 Å². The lowest BCUT2D eigenvalue weighted by atomic mass is 10.0. The van der Waals surface area contributed by atoms with Crippen LogP contribution in [-0.2, 0) is 4.79 Å². The Bertz CT molecular complexity index is 960. The number of carbonyl (C=O) groups excluding carboxylic acids is 1. The maximum Gasteiger partial charge on any atom is 0.279 e. The molecule has 0 spiro atoms. The van der Waals surface area contributed by atoms with E-state index in [0.717, 1.165) is 22.4 Å². The normalized spacial score (nSPS) is 15.1. The molecule has 0 fully saturated rings. The average molecular weight is 324 g/mol. The molecule has 25 heavy (non-hydrogen) atoms. The van der Waals surface area contributed by atoms with Gasteiger partial charge in [-0.3, -0.25) is 4.79 Å². The van der Waals surface area contributed by atoms with Crippen molar-refractivity contribution in [2.24, 2.45) is 5.10 Å². The highest BCUT2D eigenvalue weighted by Gasteiger charge is 2.31. The summed E-state index contributed by atoms with van der Waals surface area (Å²) in [5.41, 5.74) is 4.32. The zero-order chi connectivity index (χ0) is 17.1. The number of amides is 1. The number of anilines is 1. The smallest absolute Gasteiger partial charge is 0.267 e. The summed E-state index contributed by atoms with van der Waals surface area (Å²) in [6.45, 7) is 0. The number of carbonyl (C=O) groups is 1. The molecule has 0 bridgehead atoms. The molecule has 3 aromatic carbocycles. The maximum absolute atomic E-state index is 12.9. The van der Waals surface area contributed by atoms with Crippen LogP contribution in [0.25, 0.3) is 11.6 Å². The van der Waals surface area contributed by atoms with Crippen molar-refractivity contribution in [3.05, 3.63) is 102 Å². The van der Waals surface area contributed by atoms with Crippen LogP contribution in [0.2, 0.25) is 0 Å². The molecule has 0 atom stereocenters. The van der Waals surface area contributed by atoms with Crippen molar-refractivity contribution in [3.63, 3.8) is 0 Å². The van der Waals surface area contributed by atoms with Crippen molar-refractivity contribution in [1.82, 2.24) is 0 Å². The maximum atomic E-state index is 12.9. The van der Waals surface area contributed by atoms with Gasteiger partial charge in [-0.05, 0) is 23.3 Å². The quantitative estimate of drug-likeness (QED) is 0.511. The molecule has 0 saturated carbocycles. The third-order valence-electron chi connectivity index (χ3n) is 4.08. The van der Waals surface area contributed by atoms with Crippen molar-refractivity contribution in [3.8, 4) is 0 Å². The van der Waals surface area contributed by atoms with Gasteiger partial charge in [-0.25, -0.2) is 0 Å². The molecule has 1 heterocycles. The zero-order valence-corrected chi connectivity index (χ0v) is 13.5. The number of fused-ring (bicyclic) bond motifs is 1. The van der Waals surface area contributed by atoms with Gasteiger partial charge < -0.3 is 0 Å². The van der Waals surface area contributed by atoms with Crippen LogP contribution in [0.5, 0.6) is 0 Å². The minimum atomic E-state index is -0.114. The Balaban J connectivity index is 1.74. The van der Waals surface area contributed by atoms with Crippen LogP contribution < -0.4 is 5.01 Å². The van der Waals surface area contributed by atoms with Crippen molar-refractivity contribution in [1.29, 1.82) is 0 Å². The second kappa shape index (κ2) is 6.57. The Morgan fingerprint density at radius 3 is 2.04 bits per heavy atom.